The third kappa shape index (κ3) is 25.2. The van der Waals surface area contributed by atoms with E-state index < -0.39 is 38.5 Å². The number of alkyl halides is 1. The van der Waals surface area contributed by atoms with Crippen LogP contribution in [0.2, 0.25) is 0 Å². The molecule has 0 aromatic rings. The molecule has 0 aliphatic carbocycles. The fourth-order valence-electron chi connectivity index (χ4n) is 6.79. The van der Waals surface area contributed by atoms with Gasteiger partial charge < -0.3 is 29.0 Å². The summed E-state index contributed by atoms with van der Waals surface area (Å²) in [6.07, 6.45) is 25.6. The first kappa shape index (κ1) is 54.4. The first-order chi connectivity index (χ1) is 28.2. The number of hydrogen-bond acceptors (Lipinski definition) is 11. The van der Waals surface area contributed by atoms with Gasteiger partial charge in [0.2, 0.25) is 12.2 Å². The van der Waals surface area contributed by atoms with E-state index in [-0.39, 0.29) is 56.6 Å². The Morgan fingerprint density at radius 2 is 1.40 bits per heavy atom. The Balaban J connectivity index is 3.10. The van der Waals surface area contributed by atoms with Crippen LogP contribution in [0.25, 0.3) is 0 Å². The highest BCUT2D eigenvalue weighted by molar-refractivity contribution is 7.48. The van der Waals surface area contributed by atoms with Crippen LogP contribution in [0.1, 0.15) is 149 Å². The number of carbonyl (C=O) groups is 1. The van der Waals surface area contributed by atoms with Crippen molar-refractivity contribution in [3.05, 3.63) is 37.5 Å². The van der Waals surface area contributed by atoms with E-state index in [1.54, 1.807) is 7.11 Å². The summed E-state index contributed by atoms with van der Waals surface area (Å²) in [6.45, 7) is 11.7. The maximum Gasteiger partial charge on any atom is 0.475 e. The number of phosphoric ester groups is 1. The van der Waals surface area contributed by atoms with Crippen molar-refractivity contribution in [2.75, 3.05) is 46.5 Å². The third-order valence-electron chi connectivity index (χ3n) is 10.0. The summed E-state index contributed by atoms with van der Waals surface area (Å²) in [5.74, 6) is -0.713. The average molecular weight is 864 g/mol. The van der Waals surface area contributed by atoms with Gasteiger partial charge in [-0.15, -0.1) is 24.8 Å². The largest absolute Gasteiger partial charge is 0.475 e. The number of rotatable bonds is 39. The highest BCUT2D eigenvalue weighted by Gasteiger charge is 2.52. The van der Waals surface area contributed by atoms with Gasteiger partial charge >= 0.3 is 7.82 Å². The standard InChI is InChI=1S/C44H80ClN2O10P/c1-7-11-13-15-16-17-18-19-20-21-22-23-24-26-28-30-40(48)47-41-43(52-34-31-37(51-6)29-27-25-14-12-8-2)42(57-58(49,53-32-9-3)54-33-10-4)38(36-50-5)55-44(41)56-39(46)35-45/h9-10,17-18,37-38,41-44,46H,3-4,7-8,11-16,19-36H2,1-2,5-6H3,(H,47,48)/b18-17-,46-39?/t37-,38?,41?,42?,43?,44?/m1/s1. The summed E-state index contributed by atoms with van der Waals surface area (Å²) in [5, 5.41) is 11.3. The van der Waals surface area contributed by atoms with Gasteiger partial charge in [-0.05, 0) is 44.9 Å². The number of hydrogen-bond donors (Lipinski definition) is 2. The summed E-state index contributed by atoms with van der Waals surface area (Å²) >= 11 is 5.98. The van der Waals surface area contributed by atoms with Crippen LogP contribution in [0.5, 0.6) is 0 Å². The van der Waals surface area contributed by atoms with Crippen LogP contribution >= 0.6 is 19.4 Å². The lowest BCUT2D eigenvalue weighted by atomic mass is 9.96. The van der Waals surface area contributed by atoms with Crippen LogP contribution in [-0.4, -0.2) is 95.1 Å². The topological polar surface area (TPSA) is 144 Å². The molecule has 58 heavy (non-hydrogen) atoms. The van der Waals surface area contributed by atoms with Crippen molar-refractivity contribution in [3.8, 4) is 0 Å². The molecule has 0 spiro atoms. The molecule has 1 aliphatic rings. The number of carbonyl (C=O) groups excluding carboxylic acids is 1. The highest BCUT2D eigenvalue weighted by Crippen LogP contribution is 2.52. The van der Waals surface area contributed by atoms with E-state index in [1.807, 2.05) is 0 Å². The van der Waals surface area contributed by atoms with Crippen molar-refractivity contribution in [2.24, 2.45) is 0 Å². The van der Waals surface area contributed by atoms with E-state index >= 15 is 0 Å². The number of amides is 1. The van der Waals surface area contributed by atoms with Gasteiger partial charge in [0.05, 0.1) is 31.8 Å². The smallest absolute Gasteiger partial charge is 0.449 e. The van der Waals surface area contributed by atoms with Gasteiger partial charge in [0.15, 0.2) is 5.90 Å². The highest BCUT2D eigenvalue weighted by atomic mass is 35.5. The van der Waals surface area contributed by atoms with Crippen molar-refractivity contribution in [2.45, 2.75) is 185 Å². The Kier molecular flexibility index (Phi) is 33.9. The second kappa shape index (κ2) is 36.1. The van der Waals surface area contributed by atoms with Crippen molar-refractivity contribution < 1.29 is 46.6 Å². The van der Waals surface area contributed by atoms with E-state index in [4.69, 9.17) is 54.3 Å². The lowest BCUT2D eigenvalue weighted by Crippen LogP contribution is -2.66. The van der Waals surface area contributed by atoms with Crippen LogP contribution in [0.4, 0.5) is 0 Å². The molecular formula is C44H80ClN2O10P. The second-order valence-electron chi connectivity index (χ2n) is 15.0. The number of halogens is 1. The summed E-state index contributed by atoms with van der Waals surface area (Å²) in [4.78, 5) is 13.6. The minimum atomic E-state index is -4.26. The van der Waals surface area contributed by atoms with Gasteiger partial charge in [0.25, 0.3) is 0 Å². The van der Waals surface area contributed by atoms with Crippen molar-refractivity contribution >= 4 is 31.2 Å². The summed E-state index contributed by atoms with van der Waals surface area (Å²) in [7, 11) is -1.09. The summed E-state index contributed by atoms with van der Waals surface area (Å²) < 4.78 is 61.4. The molecule has 6 atom stereocenters. The van der Waals surface area contributed by atoms with Crippen molar-refractivity contribution in [1.29, 1.82) is 5.41 Å². The Morgan fingerprint density at radius 3 is 1.97 bits per heavy atom. The van der Waals surface area contributed by atoms with Crippen LogP contribution in [-0.2, 0) is 46.6 Å². The van der Waals surface area contributed by atoms with Crippen LogP contribution in [0.3, 0.4) is 0 Å². The van der Waals surface area contributed by atoms with E-state index in [9.17, 15) is 9.36 Å². The lowest BCUT2D eigenvalue weighted by molar-refractivity contribution is -0.256. The molecule has 1 fully saturated rings. The zero-order chi connectivity index (χ0) is 42.7. The van der Waals surface area contributed by atoms with Crippen LogP contribution in [0.15, 0.2) is 37.5 Å². The van der Waals surface area contributed by atoms with Crippen molar-refractivity contribution in [1.82, 2.24) is 5.32 Å². The third-order valence-corrected chi connectivity index (χ3v) is 11.7. The number of unbranched alkanes of at least 4 members (excludes halogenated alkanes) is 15. The minimum absolute atomic E-state index is 0.0313. The molecule has 2 N–H and O–H groups in total. The fourth-order valence-corrected chi connectivity index (χ4v) is 8.18. The molecule has 1 saturated heterocycles. The van der Waals surface area contributed by atoms with Gasteiger partial charge in [-0.2, -0.15) is 0 Å². The zero-order valence-corrected chi connectivity index (χ0v) is 38.1. The van der Waals surface area contributed by atoms with Crippen LogP contribution < -0.4 is 5.32 Å². The molecule has 0 aromatic carbocycles. The number of allylic oxidation sites excluding steroid dienone is 2. The Morgan fingerprint density at radius 1 is 0.828 bits per heavy atom. The van der Waals surface area contributed by atoms with Gasteiger partial charge in [-0.25, -0.2) is 4.57 Å². The quantitative estimate of drug-likeness (QED) is 0.0153. The zero-order valence-electron chi connectivity index (χ0n) is 36.5. The molecule has 12 nitrogen and oxygen atoms in total. The molecule has 1 heterocycles. The van der Waals surface area contributed by atoms with Crippen molar-refractivity contribution in [3.63, 3.8) is 0 Å². The molecule has 0 radical (unpaired) electrons. The second-order valence-corrected chi connectivity index (χ2v) is 16.9. The first-order valence-corrected chi connectivity index (χ1v) is 24.0. The molecule has 0 bridgehead atoms. The first-order valence-electron chi connectivity index (χ1n) is 22.0. The average Bonchev–Trinajstić information content (AvgIpc) is 3.22. The van der Waals surface area contributed by atoms with E-state index in [1.165, 1.54) is 89.9 Å². The molecule has 0 aromatic heterocycles. The van der Waals surface area contributed by atoms with Gasteiger partial charge in [0, 0.05) is 27.2 Å². The molecule has 0 saturated carbocycles. The number of methoxy groups -OCH3 is 2. The number of phosphoric acid groups is 1. The number of nitrogens with one attached hydrogen (secondary N) is 2. The normalized spacial score (nSPS) is 20.3. The Hall–Kier alpha value is -1.60. The molecule has 14 heteroatoms. The predicted octanol–water partition coefficient (Wildman–Crippen LogP) is 11.2. The molecule has 1 rings (SSSR count). The summed E-state index contributed by atoms with van der Waals surface area (Å²) in [6, 6.07) is -0.998. The lowest BCUT2D eigenvalue weighted by Gasteiger charge is -2.46. The molecule has 5 unspecified atom stereocenters. The maximum absolute atomic E-state index is 14.0. The SMILES string of the molecule is C=CCOP(=O)(OCC=C)OC1C(COC)OC(OC(=N)CCl)C(NC(=O)CCCCCCCCC/C=C\CCCCCC)C1OCC[C@@H](CCCCCCC)OC. The monoisotopic (exact) mass is 863 g/mol. The van der Waals surface area contributed by atoms with E-state index in [0.29, 0.717) is 12.8 Å². The Labute approximate surface area is 357 Å². The van der Waals surface area contributed by atoms with E-state index in [0.717, 1.165) is 44.9 Å². The minimum Gasteiger partial charge on any atom is -0.449 e. The predicted molar refractivity (Wildman–Crippen MR) is 235 cm³/mol. The molecular weight excluding hydrogens is 783 g/mol. The van der Waals surface area contributed by atoms with Crippen LogP contribution in [0, 0.1) is 5.41 Å². The number of ether oxygens (including phenoxy) is 5. The van der Waals surface area contributed by atoms with Gasteiger partial charge in [0.1, 0.15) is 24.4 Å². The molecule has 1 amide bonds. The van der Waals surface area contributed by atoms with E-state index in [2.05, 4.69) is 44.5 Å². The fraction of sp³-hybridized carbons (Fsp3) is 0.818. The molecule has 1 aliphatic heterocycles. The maximum atomic E-state index is 14.0. The van der Waals surface area contributed by atoms with Gasteiger partial charge in [-0.1, -0.05) is 122 Å². The molecule has 338 valence electrons. The van der Waals surface area contributed by atoms with Gasteiger partial charge in [-0.3, -0.25) is 23.8 Å². The Bertz CT molecular complexity index is 1130. The summed E-state index contributed by atoms with van der Waals surface area (Å²) in [5.41, 5.74) is 0.